The molecule has 0 aromatic carbocycles. The fourth-order valence-electron chi connectivity index (χ4n) is 1.50. The van der Waals surface area contributed by atoms with Gasteiger partial charge in [-0.05, 0) is 12.8 Å². The molecule has 0 aromatic heterocycles. The Bertz CT molecular complexity index is 183. The Balaban J connectivity index is 2.23. The predicted octanol–water partition coefficient (Wildman–Crippen LogP) is 0.872. The SMILES string of the molecule is CC(C)CC(=O)N1CC(C(C)O)C1. The fourth-order valence-corrected chi connectivity index (χ4v) is 1.50. The summed E-state index contributed by atoms with van der Waals surface area (Å²) in [6.45, 7) is 7.36. The van der Waals surface area contributed by atoms with E-state index in [0.717, 1.165) is 13.1 Å². The standard InChI is InChI=1S/C10H19NO2/c1-7(2)4-10(13)11-5-9(6-11)8(3)12/h7-9,12H,4-6H2,1-3H3. The predicted molar refractivity (Wildman–Crippen MR) is 51.2 cm³/mol. The van der Waals surface area contributed by atoms with Gasteiger partial charge in [0, 0.05) is 25.4 Å². The summed E-state index contributed by atoms with van der Waals surface area (Å²) in [6, 6.07) is 0. The van der Waals surface area contributed by atoms with E-state index in [9.17, 15) is 9.90 Å². The molecule has 1 heterocycles. The first-order chi connectivity index (χ1) is 6.00. The van der Waals surface area contributed by atoms with Crippen molar-refractivity contribution in [2.45, 2.75) is 33.3 Å². The number of carbonyl (C=O) groups excluding carboxylic acids is 1. The highest BCUT2D eigenvalue weighted by Gasteiger charge is 2.33. The van der Waals surface area contributed by atoms with E-state index in [1.54, 1.807) is 6.92 Å². The van der Waals surface area contributed by atoms with E-state index in [2.05, 4.69) is 0 Å². The maximum absolute atomic E-state index is 11.4. The van der Waals surface area contributed by atoms with Gasteiger partial charge in [-0.2, -0.15) is 0 Å². The van der Waals surface area contributed by atoms with Gasteiger partial charge in [-0.25, -0.2) is 0 Å². The molecule has 76 valence electrons. The summed E-state index contributed by atoms with van der Waals surface area (Å²) in [5.41, 5.74) is 0. The third kappa shape index (κ3) is 2.69. The normalized spacial score (nSPS) is 20.2. The molecule has 1 rings (SSSR count). The Morgan fingerprint density at radius 2 is 2.00 bits per heavy atom. The van der Waals surface area contributed by atoms with Crippen molar-refractivity contribution in [2.24, 2.45) is 11.8 Å². The van der Waals surface area contributed by atoms with Crippen molar-refractivity contribution in [2.75, 3.05) is 13.1 Å². The lowest BCUT2D eigenvalue weighted by atomic mass is 9.94. The van der Waals surface area contributed by atoms with Crippen LogP contribution in [0.15, 0.2) is 0 Å². The van der Waals surface area contributed by atoms with Crippen molar-refractivity contribution in [3.05, 3.63) is 0 Å². The zero-order valence-electron chi connectivity index (χ0n) is 8.66. The minimum atomic E-state index is -0.275. The summed E-state index contributed by atoms with van der Waals surface area (Å²) < 4.78 is 0. The average Bonchev–Trinajstić information content (AvgIpc) is 1.79. The van der Waals surface area contributed by atoms with Crippen LogP contribution in [0, 0.1) is 11.8 Å². The van der Waals surface area contributed by atoms with Gasteiger partial charge >= 0.3 is 0 Å². The van der Waals surface area contributed by atoms with Crippen LogP contribution < -0.4 is 0 Å². The van der Waals surface area contributed by atoms with Crippen LogP contribution in [0.3, 0.4) is 0 Å². The quantitative estimate of drug-likeness (QED) is 0.709. The molecule has 1 aliphatic heterocycles. The summed E-state index contributed by atoms with van der Waals surface area (Å²) in [5.74, 6) is 0.959. The van der Waals surface area contributed by atoms with Crippen LogP contribution >= 0.6 is 0 Å². The zero-order chi connectivity index (χ0) is 10.0. The number of amides is 1. The van der Waals surface area contributed by atoms with Gasteiger partial charge in [0.25, 0.3) is 0 Å². The Morgan fingerprint density at radius 1 is 1.46 bits per heavy atom. The number of likely N-dealkylation sites (tertiary alicyclic amines) is 1. The molecule has 1 N–H and O–H groups in total. The van der Waals surface area contributed by atoms with Crippen LogP contribution in [0.5, 0.6) is 0 Å². The van der Waals surface area contributed by atoms with Crippen LogP contribution in [0.2, 0.25) is 0 Å². The molecule has 3 nitrogen and oxygen atoms in total. The first-order valence-corrected chi connectivity index (χ1v) is 4.96. The van der Waals surface area contributed by atoms with E-state index < -0.39 is 0 Å². The van der Waals surface area contributed by atoms with E-state index in [0.29, 0.717) is 18.3 Å². The van der Waals surface area contributed by atoms with E-state index in [-0.39, 0.29) is 12.0 Å². The average molecular weight is 185 g/mol. The largest absolute Gasteiger partial charge is 0.393 e. The van der Waals surface area contributed by atoms with E-state index in [1.165, 1.54) is 0 Å². The molecule has 3 heteroatoms. The molecule has 1 aliphatic rings. The lowest BCUT2D eigenvalue weighted by Gasteiger charge is -2.41. The highest BCUT2D eigenvalue weighted by molar-refractivity contribution is 5.77. The second-order valence-corrected chi connectivity index (χ2v) is 4.40. The number of carbonyl (C=O) groups is 1. The van der Waals surface area contributed by atoms with Crippen molar-refractivity contribution >= 4 is 5.91 Å². The molecule has 13 heavy (non-hydrogen) atoms. The maximum atomic E-state index is 11.4. The molecule has 0 spiro atoms. The third-order valence-corrected chi connectivity index (χ3v) is 2.53. The third-order valence-electron chi connectivity index (χ3n) is 2.53. The van der Waals surface area contributed by atoms with E-state index in [4.69, 9.17) is 0 Å². The van der Waals surface area contributed by atoms with Crippen LogP contribution in [0.4, 0.5) is 0 Å². The molecule has 0 aromatic rings. The lowest BCUT2D eigenvalue weighted by molar-refractivity contribution is -0.140. The molecule has 1 unspecified atom stereocenters. The van der Waals surface area contributed by atoms with E-state index >= 15 is 0 Å². The lowest BCUT2D eigenvalue weighted by Crippen LogP contribution is -2.53. The second-order valence-electron chi connectivity index (χ2n) is 4.40. The Hall–Kier alpha value is -0.570. The van der Waals surface area contributed by atoms with Crippen molar-refractivity contribution in [3.63, 3.8) is 0 Å². The highest BCUT2D eigenvalue weighted by atomic mass is 16.3. The fraction of sp³-hybridized carbons (Fsp3) is 0.900. The van der Waals surface area contributed by atoms with Gasteiger partial charge in [0.15, 0.2) is 0 Å². The van der Waals surface area contributed by atoms with E-state index in [1.807, 2.05) is 18.7 Å². The Labute approximate surface area is 79.7 Å². The monoisotopic (exact) mass is 185 g/mol. The second kappa shape index (κ2) is 4.09. The molecule has 1 saturated heterocycles. The van der Waals surface area contributed by atoms with Crippen LogP contribution in [-0.2, 0) is 4.79 Å². The van der Waals surface area contributed by atoms with Crippen LogP contribution in [-0.4, -0.2) is 35.1 Å². The summed E-state index contributed by atoms with van der Waals surface area (Å²) in [4.78, 5) is 13.3. The first kappa shape index (κ1) is 10.5. The summed E-state index contributed by atoms with van der Waals surface area (Å²) >= 11 is 0. The van der Waals surface area contributed by atoms with Gasteiger partial charge in [0.1, 0.15) is 0 Å². The van der Waals surface area contributed by atoms with Gasteiger partial charge in [-0.15, -0.1) is 0 Å². The smallest absolute Gasteiger partial charge is 0.222 e. The number of hydrogen-bond donors (Lipinski definition) is 1. The van der Waals surface area contributed by atoms with Gasteiger partial charge in [-0.3, -0.25) is 4.79 Å². The molecule has 0 saturated carbocycles. The number of rotatable bonds is 3. The summed E-state index contributed by atoms with van der Waals surface area (Å²) in [7, 11) is 0. The van der Waals surface area contributed by atoms with Crippen LogP contribution in [0.1, 0.15) is 27.2 Å². The topological polar surface area (TPSA) is 40.5 Å². The van der Waals surface area contributed by atoms with Crippen molar-refractivity contribution in [3.8, 4) is 0 Å². The molecule has 0 bridgehead atoms. The maximum Gasteiger partial charge on any atom is 0.222 e. The summed E-state index contributed by atoms with van der Waals surface area (Å²) in [5, 5.41) is 9.22. The molecule has 0 radical (unpaired) electrons. The van der Waals surface area contributed by atoms with Crippen LogP contribution in [0.25, 0.3) is 0 Å². The molecule has 1 amide bonds. The number of hydrogen-bond acceptors (Lipinski definition) is 2. The van der Waals surface area contributed by atoms with Crippen molar-refractivity contribution < 1.29 is 9.90 Å². The number of aliphatic hydroxyl groups is 1. The zero-order valence-corrected chi connectivity index (χ0v) is 8.66. The van der Waals surface area contributed by atoms with Gasteiger partial charge < -0.3 is 10.0 Å². The van der Waals surface area contributed by atoms with Gasteiger partial charge in [-0.1, -0.05) is 13.8 Å². The first-order valence-electron chi connectivity index (χ1n) is 4.96. The van der Waals surface area contributed by atoms with Crippen molar-refractivity contribution in [1.29, 1.82) is 0 Å². The molecular weight excluding hydrogens is 166 g/mol. The summed E-state index contributed by atoms with van der Waals surface area (Å²) in [6.07, 6.45) is 0.357. The minimum absolute atomic E-state index is 0.229. The number of nitrogens with zero attached hydrogens (tertiary/aromatic N) is 1. The Kier molecular flexibility index (Phi) is 3.31. The molecule has 0 aliphatic carbocycles. The van der Waals surface area contributed by atoms with Gasteiger partial charge in [0.05, 0.1) is 6.10 Å². The molecular formula is C10H19NO2. The number of aliphatic hydroxyl groups excluding tert-OH is 1. The highest BCUT2D eigenvalue weighted by Crippen LogP contribution is 2.20. The van der Waals surface area contributed by atoms with Gasteiger partial charge in [0.2, 0.25) is 5.91 Å². The van der Waals surface area contributed by atoms with Crippen molar-refractivity contribution in [1.82, 2.24) is 4.90 Å². The molecule has 1 atom stereocenters. The minimum Gasteiger partial charge on any atom is -0.393 e. The molecule has 1 fully saturated rings. The Morgan fingerprint density at radius 3 is 2.38 bits per heavy atom.